The first kappa shape index (κ1) is 20.4. The number of methoxy groups -OCH3 is 1. The predicted octanol–water partition coefficient (Wildman–Crippen LogP) is 2.63. The Labute approximate surface area is 163 Å². The van der Waals surface area contributed by atoms with Crippen LogP contribution in [0.1, 0.15) is 10.5 Å². The topological polar surface area (TPSA) is 90.3 Å². The fourth-order valence-electron chi connectivity index (χ4n) is 2.63. The number of carbonyl (C=O) groups excluding carboxylic acids is 1. The second kappa shape index (κ2) is 7.59. The van der Waals surface area contributed by atoms with Crippen molar-refractivity contribution in [2.24, 2.45) is 7.05 Å². The number of benzene rings is 2. The molecule has 152 valence electrons. The molecule has 1 amide bonds. The highest BCUT2D eigenvalue weighted by Crippen LogP contribution is 2.27. The second-order valence-corrected chi connectivity index (χ2v) is 7.54. The van der Waals surface area contributed by atoms with Crippen LogP contribution in [0.25, 0.3) is 11.4 Å². The molecule has 1 aromatic heterocycles. The van der Waals surface area contributed by atoms with Crippen molar-refractivity contribution >= 4 is 15.9 Å². The Balaban J connectivity index is 1.95. The minimum Gasteiger partial charge on any atom is -0.495 e. The van der Waals surface area contributed by atoms with Gasteiger partial charge in [0.1, 0.15) is 39.6 Å². The molecular formula is C18H14F3N3O4S. The molecule has 0 aliphatic heterocycles. The van der Waals surface area contributed by atoms with Gasteiger partial charge in [-0.3, -0.25) is 4.79 Å². The highest BCUT2D eigenvalue weighted by Gasteiger charge is 2.25. The lowest BCUT2D eigenvalue weighted by molar-refractivity contribution is 0.0977. The predicted molar refractivity (Wildman–Crippen MR) is 96.2 cm³/mol. The number of imidazole rings is 1. The van der Waals surface area contributed by atoms with Crippen LogP contribution in [0.5, 0.6) is 5.75 Å². The summed E-state index contributed by atoms with van der Waals surface area (Å²) in [5, 5.41) is 0. The van der Waals surface area contributed by atoms with Crippen LogP contribution in [-0.4, -0.2) is 31.0 Å². The van der Waals surface area contributed by atoms with E-state index in [2.05, 4.69) is 4.98 Å². The van der Waals surface area contributed by atoms with E-state index in [0.29, 0.717) is 12.1 Å². The number of para-hydroxylation sites is 1. The van der Waals surface area contributed by atoms with Gasteiger partial charge >= 0.3 is 0 Å². The number of aryl methyl sites for hydroxylation is 1. The first-order valence-corrected chi connectivity index (χ1v) is 9.51. The molecule has 7 nitrogen and oxygen atoms in total. The van der Waals surface area contributed by atoms with Crippen LogP contribution < -0.4 is 9.46 Å². The number of ether oxygens (including phenoxy) is 1. The molecule has 0 atom stereocenters. The molecule has 0 saturated heterocycles. The summed E-state index contributed by atoms with van der Waals surface area (Å²) in [7, 11) is -1.70. The van der Waals surface area contributed by atoms with Crippen LogP contribution in [0.15, 0.2) is 47.5 Å². The van der Waals surface area contributed by atoms with Crippen molar-refractivity contribution in [1.82, 2.24) is 14.3 Å². The molecule has 3 rings (SSSR count). The zero-order valence-electron chi connectivity index (χ0n) is 15.1. The first-order valence-electron chi connectivity index (χ1n) is 8.02. The van der Waals surface area contributed by atoms with Gasteiger partial charge in [-0.1, -0.05) is 12.1 Å². The van der Waals surface area contributed by atoms with Crippen molar-refractivity contribution in [2.45, 2.75) is 4.90 Å². The Hall–Kier alpha value is -3.34. The minimum absolute atomic E-state index is 0.0185. The summed E-state index contributed by atoms with van der Waals surface area (Å²) in [6.45, 7) is 0. The molecule has 29 heavy (non-hydrogen) atoms. The van der Waals surface area contributed by atoms with Gasteiger partial charge in [-0.2, -0.15) is 0 Å². The van der Waals surface area contributed by atoms with E-state index >= 15 is 0 Å². The van der Waals surface area contributed by atoms with E-state index in [9.17, 15) is 26.4 Å². The van der Waals surface area contributed by atoms with Crippen molar-refractivity contribution in [1.29, 1.82) is 0 Å². The van der Waals surface area contributed by atoms with Crippen LogP contribution in [0.2, 0.25) is 0 Å². The minimum atomic E-state index is -4.31. The van der Waals surface area contributed by atoms with Crippen molar-refractivity contribution in [2.75, 3.05) is 7.11 Å². The lowest BCUT2D eigenvalue weighted by Crippen LogP contribution is -2.31. The largest absolute Gasteiger partial charge is 0.495 e. The standard InChI is InChI=1S/C18H14F3N3O4S/c1-24-9-13(22-17(24)16-11(20)7-10(19)8-12(16)21)18(25)23-29(26,27)15-6-4-3-5-14(15)28-2/h3-9H,1-2H3,(H,23,25). The van der Waals surface area contributed by atoms with E-state index < -0.39 is 44.6 Å². The lowest BCUT2D eigenvalue weighted by Gasteiger charge is -2.09. The van der Waals surface area contributed by atoms with Gasteiger partial charge in [0.05, 0.1) is 12.7 Å². The Morgan fingerprint density at radius 1 is 1.14 bits per heavy atom. The Bertz CT molecular complexity index is 1190. The van der Waals surface area contributed by atoms with E-state index in [0.717, 1.165) is 10.8 Å². The summed E-state index contributed by atoms with van der Waals surface area (Å²) in [6, 6.07) is 6.58. The van der Waals surface area contributed by atoms with Crippen molar-refractivity contribution in [3.8, 4) is 17.1 Å². The van der Waals surface area contributed by atoms with Gasteiger partial charge in [0.2, 0.25) is 0 Å². The first-order chi connectivity index (χ1) is 13.6. The molecule has 11 heteroatoms. The number of sulfonamides is 1. The van der Waals surface area contributed by atoms with Gasteiger partial charge in [0.15, 0.2) is 0 Å². The third-order valence-corrected chi connectivity index (χ3v) is 5.30. The smallest absolute Gasteiger partial charge is 0.285 e. The number of carbonyl (C=O) groups is 1. The van der Waals surface area contributed by atoms with Gasteiger partial charge < -0.3 is 9.30 Å². The van der Waals surface area contributed by atoms with E-state index in [1.807, 2.05) is 4.72 Å². The quantitative estimate of drug-likeness (QED) is 0.679. The molecule has 0 spiro atoms. The summed E-state index contributed by atoms with van der Waals surface area (Å²) in [5.41, 5.74) is -1.07. The van der Waals surface area contributed by atoms with Gasteiger partial charge in [-0.25, -0.2) is 31.3 Å². The molecule has 1 heterocycles. The summed E-state index contributed by atoms with van der Waals surface area (Å²) in [6.07, 6.45) is 1.09. The van der Waals surface area contributed by atoms with Crippen LogP contribution in [0.4, 0.5) is 13.2 Å². The maximum Gasteiger partial charge on any atom is 0.285 e. The van der Waals surface area contributed by atoms with Gasteiger partial charge in [-0.15, -0.1) is 0 Å². The third kappa shape index (κ3) is 3.94. The van der Waals surface area contributed by atoms with Crippen LogP contribution >= 0.6 is 0 Å². The number of nitrogens with zero attached hydrogens (tertiary/aromatic N) is 2. The summed E-state index contributed by atoms with van der Waals surface area (Å²) in [5.74, 6) is -4.97. The zero-order chi connectivity index (χ0) is 21.3. The molecule has 3 aromatic rings. The molecular weight excluding hydrogens is 411 g/mol. The fraction of sp³-hybridized carbons (Fsp3) is 0.111. The number of nitrogens with one attached hydrogen (secondary N) is 1. The van der Waals surface area contributed by atoms with Crippen LogP contribution in [-0.2, 0) is 17.1 Å². The monoisotopic (exact) mass is 425 g/mol. The number of rotatable bonds is 5. The second-order valence-electron chi connectivity index (χ2n) is 5.89. The molecule has 2 aromatic carbocycles. The SMILES string of the molecule is COc1ccccc1S(=O)(=O)NC(=O)c1cn(C)c(-c2c(F)cc(F)cc2F)n1. The van der Waals surface area contributed by atoms with Crippen molar-refractivity contribution < 1.29 is 31.1 Å². The average molecular weight is 425 g/mol. The van der Waals surface area contributed by atoms with E-state index in [4.69, 9.17) is 4.74 Å². The van der Waals surface area contributed by atoms with Crippen LogP contribution in [0, 0.1) is 17.5 Å². The molecule has 1 N–H and O–H groups in total. The highest BCUT2D eigenvalue weighted by atomic mass is 32.2. The van der Waals surface area contributed by atoms with Crippen LogP contribution in [0.3, 0.4) is 0 Å². The number of hydrogen-bond donors (Lipinski definition) is 1. The maximum atomic E-state index is 14.0. The van der Waals surface area contributed by atoms with Crippen molar-refractivity contribution in [3.05, 3.63) is 65.7 Å². The Morgan fingerprint density at radius 2 is 1.76 bits per heavy atom. The highest BCUT2D eigenvalue weighted by molar-refractivity contribution is 7.90. The zero-order valence-corrected chi connectivity index (χ0v) is 15.9. The molecule has 0 saturated carbocycles. The Morgan fingerprint density at radius 3 is 2.38 bits per heavy atom. The maximum absolute atomic E-state index is 14.0. The van der Waals surface area contributed by atoms with E-state index in [1.165, 1.54) is 32.4 Å². The molecule has 0 aliphatic carbocycles. The number of aromatic nitrogens is 2. The average Bonchev–Trinajstić information content (AvgIpc) is 3.02. The molecule has 0 unspecified atom stereocenters. The Kier molecular flexibility index (Phi) is 5.33. The lowest BCUT2D eigenvalue weighted by atomic mass is 10.2. The number of amides is 1. The van der Waals surface area contributed by atoms with Gasteiger partial charge in [0, 0.05) is 25.4 Å². The van der Waals surface area contributed by atoms with Gasteiger partial charge in [0.25, 0.3) is 15.9 Å². The van der Waals surface area contributed by atoms with Crippen molar-refractivity contribution in [3.63, 3.8) is 0 Å². The molecule has 0 aliphatic rings. The summed E-state index contributed by atoms with van der Waals surface area (Å²) >= 11 is 0. The van der Waals surface area contributed by atoms with Gasteiger partial charge in [-0.05, 0) is 12.1 Å². The summed E-state index contributed by atoms with van der Waals surface area (Å²) in [4.78, 5) is 15.9. The van der Waals surface area contributed by atoms with E-state index in [1.54, 1.807) is 6.07 Å². The molecule has 0 bridgehead atoms. The summed E-state index contributed by atoms with van der Waals surface area (Å²) < 4.78 is 74.1. The number of halogens is 3. The third-order valence-electron chi connectivity index (χ3n) is 3.93. The van der Waals surface area contributed by atoms with E-state index in [-0.39, 0.29) is 16.5 Å². The normalized spacial score (nSPS) is 11.3. The fourth-order valence-corrected chi connectivity index (χ4v) is 3.77. The molecule has 0 radical (unpaired) electrons. The number of hydrogen-bond acceptors (Lipinski definition) is 5. The molecule has 0 fully saturated rings.